The minimum Gasteiger partial charge on any atom is -0.493 e. The fourth-order valence-corrected chi connectivity index (χ4v) is 2.24. The SMILES string of the molecule is CCOc1cccc(F)c1C(=O)Nc1ccc(Cl)c(C(F)(F)F)c1. The van der Waals surface area contributed by atoms with Gasteiger partial charge in [-0.2, -0.15) is 13.2 Å². The minimum atomic E-state index is -4.67. The third-order valence-electron chi connectivity index (χ3n) is 3.03. The van der Waals surface area contributed by atoms with E-state index >= 15 is 0 Å². The summed E-state index contributed by atoms with van der Waals surface area (Å²) < 4.78 is 57.6. The van der Waals surface area contributed by atoms with Gasteiger partial charge < -0.3 is 10.1 Å². The summed E-state index contributed by atoms with van der Waals surface area (Å²) in [6.07, 6.45) is -4.67. The van der Waals surface area contributed by atoms with Crippen molar-refractivity contribution in [3.63, 3.8) is 0 Å². The van der Waals surface area contributed by atoms with Crippen molar-refractivity contribution in [2.45, 2.75) is 13.1 Å². The van der Waals surface area contributed by atoms with Gasteiger partial charge in [0.2, 0.25) is 0 Å². The monoisotopic (exact) mass is 361 g/mol. The normalized spacial score (nSPS) is 11.2. The van der Waals surface area contributed by atoms with Crippen LogP contribution in [0.2, 0.25) is 5.02 Å². The lowest BCUT2D eigenvalue weighted by Crippen LogP contribution is -2.16. The fourth-order valence-electron chi connectivity index (χ4n) is 2.01. The Bertz CT molecular complexity index is 762. The predicted octanol–water partition coefficient (Wildman–Crippen LogP) is 5.15. The molecule has 0 aliphatic rings. The average Bonchev–Trinajstić information content (AvgIpc) is 2.48. The van der Waals surface area contributed by atoms with Crippen LogP contribution in [0.4, 0.5) is 23.2 Å². The Balaban J connectivity index is 2.35. The summed E-state index contributed by atoms with van der Waals surface area (Å²) in [6.45, 7) is 1.85. The first-order valence-corrected chi connectivity index (χ1v) is 7.21. The smallest absolute Gasteiger partial charge is 0.417 e. The van der Waals surface area contributed by atoms with E-state index in [0.717, 1.165) is 12.1 Å². The van der Waals surface area contributed by atoms with Crippen LogP contribution in [0.5, 0.6) is 5.75 Å². The van der Waals surface area contributed by atoms with E-state index in [2.05, 4.69) is 5.32 Å². The fraction of sp³-hybridized carbons (Fsp3) is 0.188. The molecule has 0 bridgehead atoms. The molecule has 24 heavy (non-hydrogen) atoms. The van der Waals surface area contributed by atoms with Gasteiger partial charge in [-0.05, 0) is 37.3 Å². The van der Waals surface area contributed by atoms with Gasteiger partial charge in [-0.1, -0.05) is 17.7 Å². The van der Waals surface area contributed by atoms with E-state index < -0.39 is 28.5 Å². The highest BCUT2D eigenvalue weighted by Gasteiger charge is 2.33. The van der Waals surface area contributed by atoms with Crippen LogP contribution in [0.15, 0.2) is 36.4 Å². The Kier molecular flexibility index (Phi) is 5.33. The first-order chi connectivity index (χ1) is 11.2. The molecule has 0 atom stereocenters. The van der Waals surface area contributed by atoms with E-state index in [-0.39, 0.29) is 23.6 Å². The number of ether oxygens (including phenoxy) is 1. The van der Waals surface area contributed by atoms with Crippen molar-refractivity contribution >= 4 is 23.2 Å². The van der Waals surface area contributed by atoms with Gasteiger partial charge in [0.25, 0.3) is 5.91 Å². The average molecular weight is 362 g/mol. The standard InChI is InChI=1S/C16H12ClF4NO2/c1-2-24-13-5-3-4-12(18)14(13)15(23)22-9-6-7-11(17)10(8-9)16(19,20)21/h3-8H,2H2,1H3,(H,22,23). The molecule has 0 unspecified atom stereocenters. The van der Waals surface area contributed by atoms with Crippen molar-refractivity contribution in [1.29, 1.82) is 0 Å². The number of anilines is 1. The molecular formula is C16H12ClF4NO2. The molecule has 0 saturated heterocycles. The van der Waals surface area contributed by atoms with Gasteiger partial charge in [0.05, 0.1) is 17.2 Å². The van der Waals surface area contributed by atoms with Crippen molar-refractivity contribution in [1.82, 2.24) is 0 Å². The minimum absolute atomic E-state index is 0.00000776. The molecule has 0 fully saturated rings. The number of nitrogens with one attached hydrogen (secondary N) is 1. The van der Waals surface area contributed by atoms with E-state index in [1.165, 1.54) is 18.2 Å². The number of rotatable bonds is 4. The number of hydrogen-bond acceptors (Lipinski definition) is 2. The Hall–Kier alpha value is -2.28. The predicted molar refractivity (Wildman–Crippen MR) is 82.0 cm³/mol. The zero-order chi connectivity index (χ0) is 17.9. The molecule has 0 aliphatic carbocycles. The van der Waals surface area contributed by atoms with E-state index in [9.17, 15) is 22.4 Å². The number of amides is 1. The topological polar surface area (TPSA) is 38.3 Å². The lowest BCUT2D eigenvalue weighted by atomic mass is 10.1. The first-order valence-electron chi connectivity index (χ1n) is 6.83. The van der Waals surface area contributed by atoms with Gasteiger partial charge in [-0.25, -0.2) is 4.39 Å². The van der Waals surface area contributed by atoms with Crippen LogP contribution in [-0.2, 0) is 6.18 Å². The Morgan fingerprint density at radius 2 is 1.96 bits per heavy atom. The molecule has 2 aromatic carbocycles. The van der Waals surface area contributed by atoms with E-state index in [0.29, 0.717) is 6.07 Å². The molecule has 128 valence electrons. The molecule has 0 aromatic heterocycles. The molecular weight excluding hydrogens is 350 g/mol. The second kappa shape index (κ2) is 7.09. The van der Waals surface area contributed by atoms with E-state index in [4.69, 9.17) is 16.3 Å². The second-order valence-corrected chi connectivity index (χ2v) is 5.10. The van der Waals surface area contributed by atoms with Gasteiger partial charge in [0.15, 0.2) is 0 Å². The summed E-state index contributed by atoms with van der Waals surface area (Å²) in [4.78, 5) is 12.2. The number of halogens is 5. The second-order valence-electron chi connectivity index (χ2n) is 4.69. The largest absolute Gasteiger partial charge is 0.493 e. The van der Waals surface area contributed by atoms with Crippen LogP contribution in [0.3, 0.4) is 0 Å². The number of alkyl halides is 3. The maximum absolute atomic E-state index is 13.9. The lowest BCUT2D eigenvalue weighted by molar-refractivity contribution is -0.137. The quantitative estimate of drug-likeness (QED) is 0.765. The molecule has 0 spiro atoms. The third kappa shape index (κ3) is 3.97. The number of carbonyl (C=O) groups excluding carboxylic acids is 1. The number of carbonyl (C=O) groups is 1. The van der Waals surface area contributed by atoms with Gasteiger partial charge in [-0.15, -0.1) is 0 Å². The number of hydrogen-bond donors (Lipinski definition) is 1. The molecule has 8 heteroatoms. The Morgan fingerprint density at radius 1 is 1.25 bits per heavy atom. The third-order valence-corrected chi connectivity index (χ3v) is 3.36. The van der Waals surface area contributed by atoms with Crippen molar-refractivity contribution in [3.05, 3.63) is 58.4 Å². The van der Waals surface area contributed by atoms with Crippen molar-refractivity contribution in [2.24, 2.45) is 0 Å². The highest BCUT2D eigenvalue weighted by molar-refractivity contribution is 6.31. The summed E-state index contributed by atoms with van der Waals surface area (Å²) in [7, 11) is 0. The van der Waals surface area contributed by atoms with Crippen molar-refractivity contribution < 1.29 is 27.1 Å². The zero-order valence-corrected chi connectivity index (χ0v) is 13.1. The molecule has 0 radical (unpaired) electrons. The Labute approximate surface area is 140 Å². The van der Waals surface area contributed by atoms with Crippen LogP contribution in [-0.4, -0.2) is 12.5 Å². The highest BCUT2D eigenvalue weighted by atomic mass is 35.5. The van der Waals surface area contributed by atoms with Crippen LogP contribution in [0.25, 0.3) is 0 Å². The molecule has 2 rings (SSSR count). The molecule has 1 amide bonds. The van der Waals surface area contributed by atoms with Crippen LogP contribution >= 0.6 is 11.6 Å². The maximum Gasteiger partial charge on any atom is 0.417 e. The Morgan fingerprint density at radius 3 is 2.58 bits per heavy atom. The van der Waals surface area contributed by atoms with Crippen molar-refractivity contribution in [3.8, 4) is 5.75 Å². The van der Waals surface area contributed by atoms with Gasteiger partial charge in [0, 0.05) is 5.69 Å². The van der Waals surface area contributed by atoms with E-state index in [1.54, 1.807) is 6.92 Å². The number of benzene rings is 2. The lowest BCUT2D eigenvalue weighted by Gasteiger charge is -2.13. The molecule has 1 N–H and O–H groups in total. The molecule has 2 aromatic rings. The van der Waals surface area contributed by atoms with Crippen LogP contribution < -0.4 is 10.1 Å². The molecule has 0 heterocycles. The maximum atomic E-state index is 13.9. The zero-order valence-electron chi connectivity index (χ0n) is 12.4. The summed E-state index contributed by atoms with van der Waals surface area (Å²) in [5.74, 6) is -1.77. The van der Waals surface area contributed by atoms with E-state index in [1.807, 2.05) is 0 Å². The summed E-state index contributed by atoms with van der Waals surface area (Å²) >= 11 is 5.51. The van der Waals surface area contributed by atoms with Gasteiger partial charge in [-0.3, -0.25) is 4.79 Å². The van der Waals surface area contributed by atoms with Crippen LogP contribution in [0.1, 0.15) is 22.8 Å². The first kappa shape index (κ1) is 18.1. The molecule has 0 saturated carbocycles. The van der Waals surface area contributed by atoms with Crippen LogP contribution in [0, 0.1) is 5.82 Å². The van der Waals surface area contributed by atoms with Gasteiger partial charge in [0.1, 0.15) is 17.1 Å². The summed E-state index contributed by atoms with van der Waals surface area (Å²) in [5.41, 5.74) is -1.65. The van der Waals surface area contributed by atoms with Crippen molar-refractivity contribution in [2.75, 3.05) is 11.9 Å². The summed E-state index contributed by atoms with van der Waals surface area (Å²) in [6, 6.07) is 6.69. The molecule has 0 aliphatic heterocycles. The highest BCUT2D eigenvalue weighted by Crippen LogP contribution is 2.36. The summed E-state index contributed by atoms with van der Waals surface area (Å²) in [5, 5.41) is 1.72. The molecule has 3 nitrogen and oxygen atoms in total. The van der Waals surface area contributed by atoms with Gasteiger partial charge >= 0.3 is 6.18 Å².